The zero-order valence-corrected chi connectivity index (χ0v) is 13.8. The molecule has 0 atom stereocenters. The molecular weight excluding hydrogens is 294 g/mol. The summed E-state index contributed by atoms with van der Waals surface area (Å²) >= 11 is 1.58. The molecule has 1 aliphatic rings. The highest BCUT2D eigenvalue weighted by Gasteiger charge is 2.26. The van der Waals surface area contributed by atoms with E-state index in [2.05, 4.69) is 9.71 Å². The maximum absolute atomic E-state index is 12.2. The Bertz CT molecular complexity index is 521. The molecule has 1 fully saturated rings. The third kappa shape index (κ3) is 4.25. The number of aryl methyl sites for hydroxylation is 1. The number of hydrogen-bond donors (Lipinski definition) is 1. The van der Waals surface area contributed by atoms with Gasteiger partial charge in [0.15, 0.2) is 0 Å². The number of rotatable bonds is 6. The molecule has 0 radical (unpaired) electrons. The zero-order chi connectivity index (χ0) is 14.6. The first-order valence-electron chi connectivity index (χ1n) is 7.12. The lowest BCUT2D eigenvalue weighted by Crippen LogP contribution is -2.45. The average molecular weight is 317 g/mol. The molecule has 1 aromatic rings. The van der Waals surface area contributed by atoms with Gasteiger partial charge in [-0.05, 0) is 19.8 Å². The third-order valence-electron chi connectivity index (χ3n) is 3.76. The lowest BCUT2D eigenvalue weighted by molar-refractivity contribution is 0.283. The van der Waals surface area contributed by atoms with Crippen LogP contribution in [0.5, 0.6) is 0 Å². The van der Waals surface area contributed by atoms with E-state index in [9.17, 15) is 8.42 Å². The van der Waals surface area contributed by atoms with Gasteiger partial charge in [0.25, 0.3) is 10.2 Å². The van der Waals surface area contributed by atoms with Crippen molar-refractivity contribution in [3.63, 3.8) is 0 Å². The number of thiazole rings is 1. The standard InChI is InChI=1S/C13H23N3O2S2/c1-11-10-19-13(15-11)8-9-14-20(17,18)16(2)12-6-4-3-5-7-12/h10,12,14H,3-9H2,1-2H3. The number of nitrogens with zero attached hydrogens (tertiary/aromatic N) is 2. The van der Waals surface area contributed by atoms with Gasteiger partial charge >= 0.3 is 0 Å². The lowest BCUT2D eigenvalue weighted by Gasteiger charge is -2.30. The van der Waals surface area contributed by atoms with Crippen molar-refractivity contribution < 1.29 is 8.42 Å². The predicted octanol–water partition coefficient (Wildman–Crippen LogP) is 2.09. The van der Waals surface area contributed by atoms with E-state index in [0.29, 0.717) is 13.0 Å². The molecule has 1 aliphatic carbocycles. The molecule has 0 aliphatic heterocycles. The average Bonchev–Trinajstić information content (AvgIpc) is 2.84. The highest BCUT2D eigenvalue weighted by molar-refractivity contribution is 7.87. The van der Waals surface area contributed by atoms with Gasteiger partial charge in [0.2, 0.25) is 0 Å². The molecule has 1 aromatic heterocycles. The van der Waals surface area contributed by atoms with Gasteiger partial charge in [0.05, 0.1) is 5.01 Å². The van der Waals surface area contributed by atoms with Gasteiger partial charge in [0, 0.05) is 37.1 Å². The normalized spacial score (nSPS) is 17.8. The van der Waals surface area contributed by atoms with Crippen LogP contribution in [-0.4, -0.2) is 37.3 Å². The fraction of sp³-hybridized carbons (Fsp3) is 0.769. The Hall–Kier alpha value is -0.500. The minimum absolute atomic E-state index is 0.156. The summed E-state index contributed by atoms with van der Waals surface area (Å²) in [6.45, 7) is 2.35. The number of nitrogens with one attached hydrogen (secondary N) is 1. The van der Waals surface area contributed by atoms with Crippen LogP contribution in [0, 0.1) is 6.92 Å². The summed E-state index contributed by atoms with van der Waals surface area (Å²) in [7, 11) is -1.68. The summed E-state index contributed by atoms with van der Waals surface area (Å²) < 4.78 is 28.6. The molecule has 114 valence electrons. The molecule has 0 amide bonds. The van der Waals surface area contributed by atoms with Crippen LogP contribution in [0.1, 0.15) is 42.8 Å². The second-order valence-electron chi connectivity index (χ2n) is 5.34. The fourth-order valence-electron chi connectivity index (χ4n) is 2.55. The molecule has 7 heteroatoms. The van der Waals surface area contributed by atoms with Crippen LogP contribution in [0.25, 0.3) is 0 Å². The summed E-state index contributed by atoms with van der Waals surface area (Å²) in [5.74, 6) is 0. The monoisotopic (exact) mass is 317 g/mol. The van der Waals surface area contributed by atoms with E-state index in [0.717, 1.165) is 36.4 Å². The molecule has 1 N–H and O–H groups in total. The molecule has 20 heavy (non-hydrogen) atoms. The van der Waals surface area contributed by atoms with Crippen LogP contribution < -0.4 is 4.72 Å². The molecule has 0 bridgehead atoms. The third-order valence-corrected chi connectivity index (χ3v) is 6.41. The Morgan fingerprint density at radius 2 is 2.10 bits per heavy atom. The molecule has 1 saturated carbocycles. The van der Waals surface area contributed by atoms with E-state index in [1.807, 2.05) is 12.3 Å². The van der Waals surface area contributed by atoms with Crippen molar-refractivity contribution in [2.24, 2.45) is 0 Å². The molecule has 2 rings (SSSR count). The Morgan fingerprint density at radius 3 is 2.70 bits per heavy atom. The Balaban J connectivity index is 1.83. The largest absolute Gasteiger partial charge is 0.279 e. The van der Waals surface area contributed by atoms with Crippen molar-refractivity contribution in [3.8, 4) is 0 Å². The maximum Gasteiger partial charge on any atom is 0.279 e. The molecular formula is C13H23N3O2S2. The lowest BCUT2D eigenvalue weighted by atomic mass is 9.96. The molecule has 0 unspecified atom stereocenters. The maximum atomic E-state index is 12.2. The highest BCUT2D eigenvalue weighted by atomic mass is 32.2. The SMILES string of the molecule is Cc1csc(CCNS(=O)(=O)N(C)C2CCCCC2)n1. The van der Waals surface area contributed by atoms with E-state index in [1.54, 1.807) is 18.4 Å². The molecule has 0 spiro atoms. The topological polar surface area (TPSA) is 62.3 Å². The van der Waals surface area contributed by atoms with Crippen LogP contribution in [0.2, 0.25) is 0 Å². The van der Waals surface area contributed by atoms with Crippen LogP contribution >= 0.6 is 11.3 Å². The molecule has 0 aromatic carbocycles. The van der Waals surface area contributed by atoms with Crippen LogP contribution in [0.4, 0.5) is 0 Å². The summed E-state index contributed by atoms with van der Waals surface area (Å²) in [6.07, 6.45) is 6.08. The smallest absolute Gasteiger partial charge is 0.247 e. The summed E-state index contributed by atoms with van der Waals surface area (Å²) in [5, 5.41) is 2.96. The Labute approximate surface area is 125 Å². The molecule has 0 saturated heterocycles. The van der Waals surface area contributed by atoms with Crippen LogP contribution in [-0.2, 0) is 16.6 Å². The van der Waals surface area contributed by atoms with Crippen molar-refractivity contribution in [2.45, 2.75) is 51.5 Å². The summed E-state index contributed by atoms with van der Waals surface area (Å²) in [5.41, 5.74) is 0.993. The van der Waals surface area contributed by atoms with Gasteiger partial charge in [-0.2, -0.15) is 12.7 Å². The second-order valence-corrected chi connectivity index (χ2v) is 8.10. The first-order chi connectivity index (χ1) is 9.49. The quantitative estimate of drug-likeness (QED) is 0.874. The Kier molecular flexibility index (Phi) is 5.54. The van der Waals surface area contributed by atoms with Crippen molar-refractivity contribution >= 4 is 21.5 Å². The second kappa shape index (κ2) is 6.98. The Morgan fingerprint density at radius 1 is 1.40 bits per heavy atom. The van der Waals surface area contributed by atoms with Gasteiger partial charge in [-0.3, -0.25) is 0 Å². The van der Waals surface area contributed by atoms with Gasteiger partial charge in [-0.15, -0.1) is 11.3 Å². The van der Waals surface area contributed by atoms with Crippen LogP contribution in [0.3, 0.4) is 0 Å². The number of hydrogen-bond acceptors (Lipinski definition) is 4. The van der Waals surface area contributed by atoms with Gasteiger partial charge in [-0.25, -0.2) is 9.71 Å². The van der Waals surface area contributed by atoms with Crippen LogP contribution in [0.15, 0.2) is 5.38 Å². The van der Waals surface area contributed by atoms with Crippen molar-refractivity contribution in [1.29, 1.82) is 0 Å². The van der Waals surface area contributed by atoms with E-state index in [1.165, 1.54) is 10.7 Å². The first-order valence-corrected chi connectivity index (χ1v) is 9.44. The van der Waals surface area contributed by atoms with Crippen molar-refractivity contribution in [1.82, 2.24) is 14.0 Å². The summed E-state index contributed by atoms with van der Waals surface area (Å²) in [4.78, 5) is 4.34. The van der Waals surface area contributed by atoms with Gasteiger partial charge in [-0.1, -0.05) is 19.3 Å². The molecule has 1 heterocycles. The minimum Gasteiger partial charge on any atom is -0.247 e. The minimum atomic E-state index is -3.36. The van der Waals surface area contributed by atoms with Crippen molar-refractivity contribution in [2.75, 3.05) is 13.6 Å². The number of aromatic nitrogens is 1. The molecule has 5 nitrogen and oxygen atoms in total. The van der Waals surface area contributed by atoms with E-state index >= 15 is 0 Å². The summed E-state index contributed by atoms with van der Waals surface area (Å²) in [6, 6.07) is 0.156. The fourth-order valence-corrected chi connectivity index (χ4v) is 4.49. The van der Waals surface area contributed by atoms with Gasteiger partial charge in [0.1, 0.15) is 0 Å². The predicted molar refractivity (Wildman–Crippen MR) is 82.1 cm³/mol. The van der Waals surface area contributed by atoms with E-state index in [-0.39, 0.29) is 6.04 Å². The van der Waals surface area contributed by atoms with Gasteiger partial charge < -0.3 is 0 Å². The zero-order valence-electron chi connectivity index (χ0n) is 12.1. The highest BCUT2D eigenvalue weighted by Crippen LogP contribution is 2.22. The van der Waals surface area contributed by atoms with Crippen molar-refractivity contribution in [3.05, 3.63) is 16.1 Å². The van der Waals surface area contributed by atoms with E-state index < -0.39 is 10.2 Å². The van der Waals surface area contributed by atoms with E-state index in [4.69, 9.17) is 0 Å². The first kappa shape index (κ1) is 15.9.